The largest absolute Gasteiger partial charge is 0.325 e. The molecule has 2 aromatic carbocycles. The minimum absolute atomic E-state index is 0.0389. The summed E-state index contributed by atoms with van der Waals surface area (Å²) >= 11 is 12.7. The Morgan fingerprint density at radius 2 is 1.64 bits per heavy atom. The van der Waals surface area contributed by atoms with Crippen LogP contribution in [0.25, 0.3) is 0 Å². The standard InChI is InChI=1S/C35H44Cl2FN3O3/c1-33(2,3)18-27-35(23-14-13-21(36)17-25(23)40-32(35)44)29(22-7-6-8-24(37)30(22)38)31(41-27)26(42)15-19-9-11-20(12-10-19)16-28(43)34(4,5)39/h6-8,13-14,17,19-20,27,29,31,41H,9-12,15-16,18,39H2,1-5H3,(H,40,44)/t19?,20?,27-,29+,31+,35+/m1/s1. The smallest absolute Gasteiger partial charge is 0.237 e. The van der Waals surface area contributed by atoms with Crippen molar-refractivity contribution in [1.29, 1.82) is 0 Å². The number of nitrogens with one attached hydrogen (secondary N) is 2. The fourth-order valence-corrected chi connectivity index (χ4v) is 8.13. The average Bonchev–Trinajstić information content (AvgIpc) is 3.39. The zero-order valence-electron chi connectivity index (χ0n) is 26.2. The molecule has 0 unspecified atom stereocenters. The molecule has 4 N–H and O–H groups in total. The number of ketones is 2. The third kappa shape index (κ3) is 6.22. The molecule has 238 valence electrons. The Bertz CT molecular complexity index is 1460. The van der Waals surface area contributed by atoms with Gasteiger partial charge in [-0.1, -0.05) is 62.2 Å². The molecule has 2 heterocycles. The quantitative estimate of drug-likeness (QED) is 0.279. The molecule has 4 atom stereocenters. The second kappa shape index (κ2) is 12.1. The summed E-state index contributed by atoms with van der Waals surface area (Å²) in [6.45, 7) is 9.76. The topological polar surface area (TPSA) is 101 Å². The maximum Gasteiger partial charge on any atom is 0.237 e. The maximum atomic E-state index is 16.0. The molecule has 0 aromatic heterocycles. The van der Waals surface area contributed by atoms with Gasteiger partial charge in [0.15, 0.2) is 11.6 Å². The van der Waals surface area contributed by atoms with Crippen molar-refractivity contribution in [2.24, 2.45) is 23.0 Å². The number of rotatable bonds is 8. The van der Waals surface area contributed by atoms with E-state index in [4.69, 9.17) is 28.9 Å². The Morgan fingerprint density at radius 3 is 2.25 bits per heavy atom. The molecule has 44 heavy (non-hydrogen) atoms. The van der Waals surface area contributed by atoms with Crippen LogP contribution < -0.4 is 16.4 Å². The Kier molecular flexibility index (Phi) is 9.11. The Hall–Kier alpha value is -2.32. The molecule has 3 aliphatic rings. The number of anilines is 1. The summed E-state index contributed by atoms with van der Waals surface area (Å²) in [5.41, 5.74) is 5.25. The van der Waals surface area contributed by atoms with E-state index in [1.807, 2.05) is 6.07 Å². The second-order valence-electron chi connectivity index (χ2n) is 15.0. The first-order valence-electron chi connectivity index (χ1n) is 15.7. The van der Waals surface area contributed by atoms with Gasteiger partial charge in [0.05, 0.1) is 16.6 Å². The van der Waals surface area contributed by atoms with Crippen LogP contribution in [0, 0.1) is 23.1 Å². The van der Waals surface area contributed by atoms with Gasteiger partial charge in [0.1, 0.15) is 11.2 Å². The van der Waals surface area contributed by atoms with Gasteiger partial charge >= 0.3 is 0 Å². The van der Waals surface area contributed by atoms with Gasteiger partial charge in [-0.15, -0.1) is 0 Å². The number of benzene rings is 2. The van der Waals surface area contributed by atoms with Gasteiger partial charge in [-0.2, -0.15) is 0 Å². The van der Waals surface area contributed by atoms with E-state index in [0.717, 1.165) is 25.7 Å². The first-order valence-corrected chi connectivity index (χ1v) is 16.4. The van der Waals surface area contributed by atoms with Gasteiger partial charge in [-0.3, -0.25) is 14.4 Å². The van der Waals surface area contributed by atoms with Crippen molar-refractivity contribution in [1.82, 2.24) is 5.32 Å². The number of carbonyl (C=O) groups is 3. The second-order valence-corrected chi connectivity index (χ2v) is 15.8. The van der Waals surface area contributed by atoms with Gasteiger partial charge in [0.25, 0.3) is 0 Å². The zero-order chi connectivity index (χ0) is 32.2. The van der Waals surface area contributed by atoms with E-state index < -0.39 is 34.8 Å². The lowest BCUT2D eigenvalue weighted by atomic mass is 9.62. The fourth-order valence-electron chi connectivity index (χ4n) is 7.78. The molecule has 1 spiro atoms. The van der Waals surface area contributed by atoms with Gasteiger partial charge < -0.3 is 16.4 Å². The minimum Gasteiger partial charge on any atom is -0.325 e. The van der Waals surface area contributed by atoms with Gasteiger partial charge in [-0.25, -0.2) is 4.39 Å². The maximum absolute atomic E-state index is 16.0. The molecule has 0 bridgehead atoms. The van der Waals surface area contributed by atoms with Crippen molar-refractivity contribution in [3.05, 3.63) is 63.4 Å². The molecule has 2 aromatic rings. The van der Waals surface area contributed by atoms with E-state index in [2.05, 4.69) is 31.4 Å². The highest BCUT2D eigenvalue weighted by Gasteiger charge is 2.66. The van der Waals surface area contributed by atoms with Gasteiger partial charge in [-0.05, 0) is 92.5 Å². The van der Waals surface area contributed by atoms with Crippen LogP contribution in [-0.4, -0.2) is 35.1 Å². The zero-order valence-corrected chi connectivity index (χ0v) is 27.7. The Labute approximate surface area is 270 Å². The number of Topliss-reactive ketones (excluding diaryl/α,β-unsaturated/α-hetero) is 2. The molecular weight excluding hydrogens is 600 g/mol. The molecule has 2 fully saturated rings. The average molecular weight is 645 g/mol. The predicted molar refractivity (Wildman–Crippen MR) is 174 cm³/mol. The molecule has 2 aliphatic heterocycles. The van der Waals surface area contributed by atoms with E-state index in [1.54, 1.807) is 38.1 Å². The van der Waals surface area contributed by atoms with E-state index in [9.17, 15) is 14.4 Å². The predicted octanol–water partition coefficient (Wildman–Crippen LogP) is 7.34. The normalized spacial score (nSPS) is 28.7. The lowest BCUT2D eigenvalue weighted by molar-refractivity contribution is -0.125. The molecular formula is C35H44Cl2FN3O3. The molecule has 6 nitrogen and oxygen atoms in total. The number of hydrogen-bond acceptors (Lipinski definition) is 5. The monoisotopic (exact) mass is 643 g/mol. The van der Waals surface area contributed by atoms with Crippen LogP contribution in [-0.2, 0) is 19.8 Å². The lowest BCUT2D eigenvalue weighted by Gasteiger charge is -2.38. The number of amides is 1. The summed E-state index contributed by atoms with van der Waals surface area (Å²) < 4.78 is 16.0. The van der Waals surface area contributed by atoms with E-state index in [1.165, 1.54) is 6.07 Å². The van der Waals surface area contributed by atoms with E-state index in [0.29, 0.717) is 35.5 Å². The lowest BCUT2D eigenvalue weighted by Crippen LogP contribution is -2.49. The van der Waals surface area contributed by atoms with Crippen molar-refractivity contribution >= 4 is 46.4 Å². The summed E-state index contributed by atoms with van der Waals surface area (Å²) in [5.74, 6) is -1.29. The van der Waals surface area contributed by atoms with Crippen LogP contribution in [0.2, 0.25) is 10.0 Å². The minimum atomic E-state index is -1.26. The van der Waals surface area contributed by atoms with Crippen LogP contribution in [0.5, 0.6) is 0 Å². The number of fused-ring (bicyclic) bond motifs is 2. The van der Waals surface area contributed by atoms with Crippen LogP contribution in [0.4, 0.5) is 10.1 Å². The summed E-state index contributed by atoms with van der Waals surface area (Å²) in [6.07, 6.45) is 4.72. The first-order chi connectivity index (χ1) is 20.5. The van der Waals surface area contributed by atoms with Gasteiger partial charge in [0, 0.05) is 35.5 Å². The summed E-state index contributed by atoms with van der Waals surface area (Å²) in [6, 6.07) is 8.84. The van der Waals surface area contributed by atoms with Crippen molar-refractivity contribution in [2.45, 2.75) is 109 Å². The summed E-state index contributed by atoms with van der Waals surface area (Å²) in [5, 5.41) is 7.04. The summed E-state index contributed by atoms with van der Waals surface area (Å²) in [7, 11) is 0. The third-order valence-corrected chi connectivity index (χ3v) is 10.5. The van der Waals surface area contributed by atoms with Crippen molar-refractivity contribution in [2.75, 3.05) is 5.32 Å². The summed E-state index contributed by atoms with van der Waals surface area (Å²) in [4.78, 5) is 41.2. The van der Waals surface area contributed by atoms with Crippen molar-refractivity contribution in [3.63, 3.8) is 0 Å². The van der Waals surface area contributed by atoms with E-state index in [-0.39, 0.29) is 45.3 Å². The highest BCUT2D eigenvalue weighted by Crippen LogP contribution is 2.57. The Balaban J connectivity index is 1.51. The highest BCUT2D eigenvalue weighted by molar-refractivity contribution is 6.31. The van der Waals surface area contributed by atoms with Crippen molar-refractivity contribution < 1.29 is 18.8 Å². The van der Waals surface area contributed by atoms with Crippen LogP contribution in [0.15, 0.2) is 36.4 Å². The van der Waals surface area contributed by atoms with Crippen LogP contribution in [0.3, 0.4) is 0 Å². The molecule has 0 radical (unpaired) electrons. The third-order valence-electron chi connectivity index (χ3n) is 9.93. The highest BCUT2D eigenvalue weighted by atomic mass is 35.5. The number of carbonyl (C=O) groups excluding carboxylic acids is 3. The molecule has 1 saturated carbocycles. The fraction of sp³-hybridized carbons (Fsp3) is 0.571. The van der Waals surface area contributed by atoms with Crippen molar-refractivity contribution in [3.8, 4) is 0 Å². The van der Waals surface area contributed by atoms with Crippen LogP contribution in [0.1, 0.15) is 96.6 Å². The van der Waals surface area contributed by atoms with Gasteiger partial charge in [0.2, 0.25) is 5.91 Å². The molecule has 1 aliphatic carbocycles. The Morgan fingerprint density at radius 1 is 1.00 bits per heavy atom. The number of halogens is 3. The molecule has 1 saturated heterocycles. The molecule has 9 heteroatoms. The first kappa shape index (κ1) is 33.1. The van der Waals surface area contributed by atoms with Crippen LogP contribution >= 0.6 is 23.2 Å². The van der Waals surface area contributed by atoms with E-state index >= 15 is 4.39 Å². The molecule has 1 amide bonds. The molecule has 5 rings (SSSR count). The number of nitrogens with two attached hydrogens (primary N) is 1. The number of hydrogen-bond donors (Lipinski definition) is 3. The SMILES string of the molecule is CC(C)(C)C[C@H]1N[C@@H](C(=O)CC2CCC(CC(=O)C(C)(C)N)CC2)[C@H](c2cccc(Cl)c2F)[C@@]12C(=O)Nc1cc(Cl)ccc12.